The van der Waals surface area contributed by atoms with Gasteiger partial charge in [0.05, 0.1) is 0 Å². The molecule has 2 aliphatic rings. The van der Waals surface area contributed by atoms with E-state index in [0.29, 0.717) is 6.04 Å². The van der Waals surface area contributed by atoms with Crippen LogP contribution >= 0.6 is 0 Å². The molecule has 1 saturated heterocycles. The highest BCUT2D eigenvalue weighted by Gasteiger charge is 2.28. The van der Waals surface area contributed by atoms with Crippen LogP contribution in [-0.4, -0.2) is 55.5 Å². The number of nitrogens with one attached hydrogen (secondary N) is 1. The van der Waals surface area contributed by atoms with Crippen LogP contribution < -0.4 is 5.32 Å². The van der Waals surface area contributed by atoms with Gasteiger partial charge in [0.25, 0.3) is 5.91 Å². The first-order valence-corrected chi connectivity index (χ1v) is 6.97. The fourth-order valence-electron chi connectivity index (χ4n) is 2.95. The Kier molecular flexibility index (Phi) is 3.19. The first-order chi connectivity index (χ1) is 9.15. The molecule has 0 bridgehead atoms. The SMILES string of the molecule is CN(C)C1CCN(C(=O)c2ccc3c(c2)NCC3)C1. The van der Waals surface area contributed by atoms with Crippen LogP contribution in [0.2, 0.25) is 0 Å². The van der Waals surface area contributed by atoms with E-state index in [0.717, 1.165) is 43.7 Å². The monoisotopic (exact) mass is 259 g/mol. The fourth-order valence-corrected chi connectivity index (χ4v) is 2.95. The van der Waals surface area contributed by atoms with E-state index < -0.39 is 0 Å². The molecule has 1 unspecified atom stereocenters. The molecule has 0 aromatic heterocycles. The summed E-state index contributed by atoms with van der Waals surface area (Å²) >= 11 is 0. The van der Waals surface area contributed by atoms with Crippen molar-refractivity contribution in [1.82, 2.24) is 9.80 Å². The summed E-state index contributed by atoms with van der Waals surface area (Å²) in [6.07, 6.45) is 2.14. The van der Waals surface area contributed by atoms with Crippen molar-refractivity contribution in [2.45, 2.75) is 18.9 Å². The number of likely N-dealkylation sites (tertiary alicyclic amines) is 1. The van der Waals surface area contributed by atoms with Crippen molar-refractivity contribution >= 4 is 11.6 Å². The highest BCUT2D eigenvalue weighted by molar-refractivity contribution is 5.95. The van der Waals surface area contributed by atoms with Crippen molar-refractivity contribution in [3.63, 3.8) is 0 Å². The molecule has 102 valence electrons. The lowest BCUT2D eigenvalue weighted by Gasteiger charge is -2.20. The zero-order valence-electron chi connectivity index (χ0n) is 11.6. The number of amides is 1. The molecule has 1 N–H and O–H groups in total. The molecule has 0 radical (unpaired) electrons. The molecule has 0 aliphatic carbocycles. The van der Waals surface area contributed by atoms with Crippen molar-refractivity contribution in [3.8, 4) is 0 Å². The van der Waals surface area contributed by atoms with Crippen molar-refractivity contribution in [2.75, 3.05) is 39.0 Å². The molecule has 1 aromatic carbocycles. The molecule has 4 nitrogen and oxygen atoms in total. The summed E-state index contributed by atoms with van der Waals surface area (Å²) in [5.41, 5.74) is 3.27. The van der Waals surface area contributed by atoms with E-state index in [1.54, 1.807) is 0 Å². The Hall–Kier alpha value is -1.55. The second-order valence-corrected chi connectivity index (χ2v) is 5.71. The number of likely N-dealkylation sites (N-methyl/N-ethyl adjacent to an activating group) is 1. The molecule has 19 heavy (non-hydrogen) atoms. The topological polar surface area (TPSA) is 35.6 Å². The summed E-state index contributed by atoms with van der Waals surface area (Å²) < 4.78 is 0. The fraction of sp³-hybridized carbons (Fsp3) is 0.533. The van der Waals surface area contributed by atoms with Gasteiger partial charge in [-0.15, -0.1) is 0 Å². The van der Waals surface area contributed by atoms with Crippen molar-refractivity contribution < 1.29 is 4.79 Å². The minimum Gasteiger partial charge on any atom is -0.384 e. The zero-order valence-corrected chi connectivity index (χ0v) is 11.6. The highest BCUT2D eigenvalue weighted by Crippen LogP contribution is 2.25. The van der Waals surface area contributed by atoms with Crippen molar-refractivity contribution in [1.29, 1.82) is 0 Å². The summed E-state index contributed by atoms with van der Waals surface area (Å²) in [4.78, 5) is 16.7. The van der Waals surface area contributed by atoms with Gasteiger partial charge in [-0.3, -0.25) is 4.79 Å². The number of rotatable bonds is 2. The normalized spacial score (nSPS) is 21.6. The van der Waals surface area contributed by atoms with E-state index in [4.69, 9.17) is 0 Å². The van der Waals surface area contributed by atoms with Crippen molar-refractivity contribution in [2.24, 2.45) is 0 Å². The lowest BCUT2D eigenvalue weighted by Crippen LogP contribution is -2.34. The standard InChI is InChI=1S/C15H21N3O/c1-17(2)13-6-8-18(10-13)15(19)12-4-3-11-5-7-16-14(11)9-12/h3-4,9,13,16H,5-8,10H2,1-2H3. The van der Waals surface area contributed by atoms with E-state index in [2.05, 4.69) is 30.4 Å². The molecule has 0 spiro atoms. The van der Waals surface area contributed by atoms with Gasteiger partial charge >= 0.3 is 0 Å². The number of fused-ring (bicyclic) bond motifs is 1. The number of anilines is 1. The Morgan fingerprint density at radius 2 is 2.26 bits per heavy atom. The molecule has 3 rings (SSSR count). The average molecular weight is 259 g/mol. The number of nitrogens with zero attached hydrogens (tertiary/aromatic N) is 2. The van der Waals surface area contributed by atoms with Crippen LogP contribution in [-0.2, 0) is 6.42 Å². The molecular weight excluding hydrogens is 238 g/mol. The summed E-state index contributed by atoms with van der Waals surface area (Å²) in [5, 5.41) is 3.33. The van der Waals surface area contributed by atoms with Gasteiger partial charge < -0.3 is 15.1 Å². The Morgan fingerprint density at radius 3 is 3.00 bits per heavy atom. The van der Waals surface area contributed by atoms with Crippen LogP contribution in [0.25, 0.3) is 0 Å². The van der Waals surface area contributed by atoms with Gasteiger partial charge in [-0.05, 0) is 44.6 Å². The number of benzene rings is 1. The molecule has 1 amide bonds. The first-order valence-electron chi connectivity index (χ1n) is 6.97. The van der Waals surface area contributed by atoms with Crippen LogP contribution in [0.15, 0.2) is 18.2 Å². The van der Waals surface area contributed by atoms with Crippen LogP contribution in [0, 0.1) is 0 Å². The molecule has 4 heteroatoms. The lowest BCUT2D eigenvalue weighted by molar-refractivity contribution is 0.0783. The van der Waals surface area contributed by atoms with Crippen molar-refractivity contribution in [3.05, 3.63) is 29.3 Å². The van der Waals surface area contributed by atoms with E-state index >= 15 is 0 Å². The number of hydrogen-bond acceptors (Lipinski definition) is 3. The average Bonchev–Trinajstić information content (AvgIpc) is 3.06. The maximum absolute atomic E-state index is 12.5. The van der Waals surface area contributed by atoms with Crippen LogP contribution in [0.4, 0.5) is 5.69 Å². The summed E-state index contributed by atoms with van der Waals surface area (Å²) in [7, 11) is 4.16. The van der Waals surface area contributed by atoms with E-state index in [-0.39, 0.29) is 5.91 Å². The molecule has 2 heterocycles. The van der Waals surface area contributed by atoms with Crippen LogP contribution in [0.3, 0.4) is 0 Å². The van der Waals surface area contributed by atoms with E-state index in [9.17, 15) is 4.79 Å². The highest BCUT2D eigenvalue weighted by atomic mass is 16.2. The summed E-state index contributed by atoms with van der Waals surface area (Å²) in [5.74, 6) is 0.167. The van der Waals surface area contributed by atoms with Crippen LogP contribution in [0.1, 0.15) is 22.3 Å². The third kappa shape index (κ3) is 2.32. The molecular formula is C15H21N3O. The van der Waals surface area contributed by atoms with Gasteiger partial charge in [0.15, 0.2) is 0 Å². The number of hydrogen-bond donors (Lipinski definition) is 1. The molecule has 0 saturated carbocycles. The second-order valence-electron chi connectivity index (χ2n) is 5.71. The predicted octanol–water partition coefficient (Wildman–Crippen LogP) is 1.43. The van der Waals surface area contributed by atoms with E-state index in [1.807, 2.05) is 17.0 Å². The minimum atomic E-state index is 0.167. The molecule has 1 atom stereocenters. The summed E-state index contributed by atoms with van der Waals surface area (Å²) in [6.45, 7) is 2.70. The predicted molar refractivity (Wildman–Crippen MR) is 76.6 cm³/mol. The first kappa shape index (κ1) is 12.5. The smallest absolute Gasteiger partial charge is 0.253 e. The maximum atomic E-state index is 12.5. The minimum absolute atomic E-state index is 0.167. The van der Waals surface area contributed by atoms with Gasteiger partial charge in [-0.25, -0.2) is 0 Å². The largest absolute Gasteiger partial charge is 0.384 e. The van der Waals surface area contributed by atoms with E-state index in [1.165, 1.54) is 5.56 Å². The molecule has 1 aromatic rings. The maximum Gasteiger partial charge on any atom is 0.253 e. The number of carbonyl (C=O) groups excluding carboxylic acids is 1. The second kappa shape index (κ2) is 4.85. The van der Waals surface area contributed by atoms with Gasteiger partial charge in [-0.2, -0.15) is 0 Å². The third-order valence-corrected chi connectivity index (χ3v) is 4.25. The zero-order chi connectivity index (χ0) is 13.4. The quantitative estimate of drug-likeness (QED) is 0.873. The Morgan fingerprint density at radius 1 is 1.42 bits per heavy atom. The molecule has 2 aliphatic heterocycles. The van der Waals surface area contributed by atoms with Gasteiger partial charge in [0, 0.05) is 36.9 Å². The third-order valence-electron chi connectivity index (χ3n) is 4.25. The Balaban J connectivity index is 1.74. The molecule has 1 fully saturated rings. The van der Waals surface area contributed by atoms with Gasteiger partial charge in [-0.1, -0.05) is 6.07 Å². The van der Waals surface area contributed by atoms with Gasteiger partial charge in [0.1, 0.15) is 0 Å². The van der Waals surface area contributed by atoms with Crippen LogP contribution in [0.5, 0.6) is 0 Å². The number of carbonyl (C=O) groups is 1. The Labute approximate surface area is 114 Å². The lowest BCUT2D eigenvalue weighted by atomic mass is 10.1. The summed E-state index contributed by atoms with van der Waals surface area (Å²) in [6, 6.07) is 6.56. The van der Waals surface area contributed by atoms with Gasteiger partial charge in [0.2, 0.25) is 0 Å². The Bertz CT molecular complexity index is 498.